The topological polar surface area (TPSA) is 85.6 Å². The van der Waals surface area contributed by atoms with Crippen LogP contribution in [0.4, 0.5) is 0 Å². The van der Waals surface area contributed by atoms with Crippen LogP contribution in [0.15, 0.2) is 92.2 Å². The summed E-state index contributed by atoms with van der Waals surface area (Å²) in [5.41, 5.74) is 8.13. The van der Waals surface area contributed by atoms with Crippen molar-refractivity contribution in [3.8, 4) is 56.9 Å². The van der Waals surface area contributed by atoms with Gasteiger partial charge in [0, 0.05) is 29.4 Å². The van der Waals surface area contributed by atoms with Crippen molar-refractivity contribution >= 4 is 16.7 Å². The van der Waals surface area contributed by atoms with Gasteiger partial charge in [0.1, 0.15) is 11.5 Å². The average molecular weight is 715 g/mol. The molecule has 0 bridgehead atoms. The van der Waals surface area contributed by atoms with E-state index in [2.05, 4.69) is 42.1 Å². The van der Waals surface area contributed by atoms with Crippen LogP contribution in [0.5, 0.6) is 34.5 Å². The smallest absolute Gasteiger partial charge is 0.310 e. The van der Waals surface area contributed by atoms with E-state index >= 15 is 0 Å². The fraction of sp³-hybridized carbons (Fsp3) is 0.273. The fourth-order valence-electron chi connectivity index (χ4n) is 7.29. The molecule has 0 radical (unpaired) electrons. The van der Waals surface area contributed by atoms with Crippen LogP contribution in [0.25, 0.3) is 33.2 Å². The van der Waals surface area contributed by atoms with Gasteiger partial charge in [0.15, 0.2) is 35.7 Å². The van der Waals surface area contributed by atoms with E-state index in [1.54, 1.807) is 21.3 Å². The molecule has 0 fully saturated rings. The lowest BCUT2D eigenvalue weighted by Gasteiger charge is -2.20. The molecule has 9 heteroatoms. The lowest BCUT2D eigenvalue weighted by Crippen LogP contribution is -2.41. The van der Waals surface area contributed by atoms with Gasteiger partial charge in [0.2, 0.25) is 12.5 Å². The largest absolute Gasteiger partial charge is 0.496 e. The van der Waals surface area contributed by atoms with Crippen LogP contribution < -0.4 is 33.0 Å². The highest BCUT2D eigenvalue weighted by molar-refractivity contribution is 5.97. The standard InChI is InChI=1S/C44H44NO8/c1-6-9-28-11-14-38(33(21-28)29-12-15-37(47-3)31(22-29)10-7-2)50-19-8-20-51-42(46)25-35-32-13-16-39(48-4)44(49-5)36(32)26-45-18-17-30-23-40-41(53-27-52-40)24-34(30)43(35)45/h6-7,11-16,21-24,26H,1-2,8-10,17-20,25,27H2,3-5H3/q+1. The zero-order chi connectivity index (χ0) is 36.9. The summed E-state index contributed by atoms with van der Waals surface area (Å²) in [6.07, 6.45) is 8.65. The van der Waals surface area contributed by atoms with Gasteiger partial charge >= 0.3 is 5.97 Å². The van der Waals surface area contributed by atoms with Gasteiger partial charge in [0.25, 0.3) is 0 Å². The van der Waals surface area contributed by atoms with Crippen LogP contribution in [-0.2, 0) is 41.8 Å². The number of aromatic nitrogens is 1. The minimum atomic E-state index is -0.328. The Hall–Kier alpha value is -5.96. The molecule has 1 aromatic heterocycles. The van der Waals surface area contributed by atoms with Gasteiger partial charge in [-0.3, -0.25) is 4.79 Å². The predicted molar refractivity (Wildman–Crippen MR) is 204 cm³/mol. The molecular formula is C44H44NO8+. The van der Waals surface area contributed by atoms with Crippen molar-refractivity contribution in [2.75, 3.05) is 41.3 Å². The van der Waals surface area contributed by atoms with Crippen LogP contribution in [0.3, 0.4) is 0 Å². The normalized spacial score (nSPS) is 12.4. The summed E-state index contributed by atoms with van der Waals surface area (Å²) in [6, 6.07) is 20.2. The molecule has 0 spiro atoms. The molecule has 0 amide bonds. The Morgan fingerprint density at radius 3 is 2.36 bits per heavy atom. The maximum atomic E-state index is 13.6. The maximum Gasteiger partial charge on any atom is 0.310 e. The van der Waals surface area contributed by atoms with Crippen LogP contribution >= 0.6 is 0 Å². The van der Waals surface area contributed by atoms with Crippen molar-refractivity contribution in [3.63, 3.8) is 0 Å². The molecule has 0 N–H and O–H groups in total. The molecule has 5 aromatic rings. The Labute approximate surface area is 309 Å². The van der Waals surface area contributed by atoms with Gasteiger partial charge in [-0.2, -0.15) is 4.57 Å². The zero-order valence-electron chi connectivity index (χ0n) is 30.5. The number of methoxy groups -OCH3 is 3. The Balaban J connectivity index is 1.10. The van der Waals surface area contributed by atoms with Crippen molar-refractivity contribution in [1.82, 2.24) is 0 Å². The first-order chi connectivity index (χ1) is 26.0. The Kier molecular flexibility index (Phi) is 10.5. The first-order valence-electron chi connectivity index (χ1n) is 17.8. The van der Waals surface area contributed by atoms with Gasteiger partial charge in [-0.25, -0.2) is 0 Å². The molecular weight excluding hydrogens is 670 g/mol. The monoisotopic (exact) mass is 714 g/mol. The van der Waals surface area contributed by atoms with Crippen LogP contribution in [0.1, 0.15) is 28.7 Å². The fourth-order valence-corrected chi connectivity index (χ4v) is 7.29. The molecule has 0 unspecified atom stereocenters. The summed E-state index contributed by atoms with van der Waals surface area (Å²) in [5.74, 6) is 3.92. The number of carbonyl (C=O) groups excluding carboxylic acids is 1. The quantitative estimate of drug-likeness (QED) is 0.0471. The number of allylic oxidation sites excluding steroid dienone is 2. The van der Waals surface area contributed by atoms with Crippen LogP contribution in [0, 0.1) is 0 Å². The number of esters is 1. The molecule has 53 heavy (non-hydrogen) atoms. The highest BCUT2D eigenvalue weighted by atomic mass is 16.7. The molecule has 2 aliphatic rings. The van der Waals surface area contributed by atoms with Crippen LogP contribution in [-0.4, -0.2) is 47.3 Å². The zero-order valence-corrected chi connectivity index (χ0v) is 30.5. The van der Waals surface area contributed by atoms with Gasteiger partial charge in [-0.1, -0.05) is 24.3 Å². The summed E-state index contributed by atoms with van der Waals surface area (Å²) in [5, 5.41) is 1.75. The number of pyridine rings is 1. The second-order valence-corrected chi connectivity index (χ2v) is 13.0. The van der Waals surface area contributed by atoms with Crippen LogP contribution in [0.2, 0.25) is 0 Å². The number of rotatable bonds is 15. The van der Waals surface area contributed by atoms with Gasteiger partial charge in [-0.15, -0.1) is 13.2 Å². The van der Waals surface area contributed by atoms with E-state index < -0.39 is 0 Å². The third-order valence-electron chi connectivity index (χ3n) is 9.75. The van der Waals surface area contributed by atoms with Gasteiger partial charge < -0.3 is 33.2 Å². The Bertz CT molecular complexity index is 2210. The van der Waals surface area contributed by atoms with E-state index in [0.717, 1.165) is 92.0 Å². The lowest BCUT2D eigenvalue weighted by molar-refractivity contribution is -0.686. The van der Waals surface area contributed by atoms with Crippen molar-refractivity contribution in [2.45, 2.75) is 38.6 Å². The summed E-state index contributed by atoms with van der Waals surface area (Å²) in [6.45, 7) is 9.30. The third kappa shape index (κ3) is 7.11. The maximum absolute atomic E-state index is 13.6. The van der Waals surface area contributed by atoms with Gasteiger partial charge in [-0.05, 0) is 83.6 Å². The minimum absolute atomic E-state index is 0.0658. The number of benzene rings is 4. The number of fused-ring (bicyclic) bond motifs is 5. The summed E-state index contributed by atoms with van der Waals surface area (Å²) in [7, 11) is 4.92. The Morgan fingerprint density at radius 1 is 0.811 bits per heavy atom. The van der Waals surface area contributed by atoms with Crippen molar-refractivity contribution in [3.05, 3.63) is 114 Å². The number of hydrogen-bond acceptors (Lipinski definition) is 8. The molecule has 272 valence electrons. The predicted octanol–water partition coefficient (Wildman–Crippen LogP) is 7.78. The van der Waals surface area contributed by atoms with Crippen molar-refractivity contribution in [1.29, 1.82) is 0 Å². The number of hydrogen-bond donors (Lipinski definition) is 0. The number of ether oxygens (including phenoxy) is 7. The highest BCUT2D eigenvalue weighted by Crippen LogP contribution is 2.44. The second kappa shape index (κ2) is 15.7. The van der Waals surface area contributed by atoms with E-state index in [-0.39, 0.29) is 25.8 Å². The first kappa shape index (κ1) is 35.4. The Morgan fingerprint density at radius 2 is 1.58 bits per heavy atom. The molecule has 9 nitrogen and oxygen atoms in total. The molecule has 0 saturated heterocycles. The second-order valence-electron chi connectivity index (χ2n) is 13.0. The minimum Gasteiger partial charge on any atom is -0.496 e. The van der Waals surface area contributed by atoms with E-state index in [1.807, 2.05) is 54.6 Å². The molecule has 4 aromatic carbocycles. The summed E-state index contributed by atoms with van der Waals surface area (Å²) >= 11 is 0. The molecule has 2 aliphatic heterocycles. The summed E-state index contributed by atoms with van der Waals surface area (Å²) in [4.78, 5) is 13.6. The average Bonchev–Trinajstić information content (AvgIpc) is 3.64. The number of aryl methyl sites for hydroxylation is 2. The highest BCUT2D eigenvalue weighted by Gasteiger charge is 2.33. The number of carbonyl (C=O) groups is 1. The van der Waals surface area contributed by atoms with E-state index in [0.29, 0.717) is 36.7 Å². The lowest BCUT2D eigenvalue weighted by atomic mass is 9.90. The first-order valence-corrected chi connectivity index (χ1v) is 17.8. The molecule has 0 atom stereocenters. The molecule has 0 aliphatic carbocycles. The van der Waals surface area contributed by atoms with Crippen molar-refractivity contribution in [2.24, 2.45) is 0 Å². The van der Waals surface area contributed by atoms with E-state index in [9.17, 15) is 4.79 Å². The molecule has 3 heterocycles. The van der Waals surface area contributed by atoms with E-state index in [1.165, 1.54) is 0 Å². The molecule has 0 saturated carbocycles. The number of nitrogens with zero attached hydrogens (tertiary/aromatic N) is 1. The van der Waals surface area contributed by atoms with E-state index in [4.69, 9.17) is 33.2 Å². The SMILES string of the molecule is C=CCc1ccc(OCCCOC(=O)Cc2c3[n+](cc4c(OC)c(OC)ccc24)CCc2cc4c(cc2-3)OCO4)c(-c2ccc(OC)c(CC=C)c2)c1. The van der Waals surface area contributed by atoms with Gasteiger partial charge in [0.05, 0.1) is 51.9 Å². The third-order valence-corrected chi connectivity index (χ3v) is 9.75. The van der Waals surface area contributed by atoms with Crippen molar-refractivity contribution < 1.29 is 42.5 Å². The summed E-state index contributed by atoms with van der Waals surface area (Å²) < 4.78 is 42.8. The molecule has 7 rings (SSSR count).